The SMILES string of the molecule is O=C(Cc1c(Cl)cccc1Cl)N1CCC[C@]2(CCC[C@H]2O)C1. The van der Waals surface area contributed by atoms with Crippen molar-refractivity contribution in [2.75, 3.05) is 13.1 Å². The first-order valence-electron chi connectivity index (χ1n) is 7.91. The van der Waals surface area contributed by atoms with Crippen LogP contribution in [0, 0.1) is 5.41 Å². The van der Waals surface area contributed by atoms with E-state index in [-0.39, 0.29) is 23.8 Å². The molecule has 1 amide bonds. The second-order valence-corrected chi connectivity index (χ2v) is 7.38. The molecular weight excluding hydrogens is 321 g/mol. The van der Waals surface area contributed by atoms with Gasteiger partial charge in [0.2, 0.25) is 5.91 Å². The maximum Gasteiger partial charge on any atom is 0.227 e. The van der Waals surface area contributed by atoms with E-state index in [1.807, 2.05) is 4.90 Å². The zero-order valence-electron chi connectivity index (χ0n) is 12.5. The maximum atomic E-state index is 12.6. The van der Waals surface area contributed by atoms with Gasteiger partial charge in [0.05, 0.1) is 12.5 Å². The molecule has 1 aromatic carbocycles. The molecule has 2 atom stereocenters. The van der Waals surface area contributed by atoms with Gasteiger partial charge in [-0.15, -0.1) is 0 Å². The summed E-state index contributed by atoms with van der Waals surface area (Å²) in [7, 11) is 0. The van der Waals surface area contributed by atoms with Crippen molar-refractivity contribution in [1.82, 2.24) is 4.90 Å². The lowest BCUT2D eigenvalue weighted by molar-refractivity contribution is -0.135. The van der Waals surface area contributed by atoms with E-state index >= 15 is 0 Å². The highest BCUT2D eigenvalue weighted by Crippen LogP contribution is 2.45. The molecule has 1 saturated carbocycles. The lowest BCUT2D eigenvalue weighted by atomic mass is 9.76. The number of piperidine rings is 1. The van der Waals surface area contributed by atoms with E-state index in [2.05, 4.69) is 0 Å². The van der Waals surface area contributed by atoms with Gasteiger partial charge >= 0.3 is 0 Å². The van der Waals surface area contributed by atoms with E-state index in [0.717, 1.165) is 38.6 Å². The fraction of sp³-hybridized carbons (Fsp3) is 0.588. The Labute approximate surface area is 141 Å². The second-order valence-electron chi connectivity index (χ2n) is 6.57. The summed E-state index contributed by atoms with van der Waals surface area (Å²) in [6.07, 6.45) is 4.86. The molecule has 0 bridgehead atoms. The first-order valence-corrected chi connectivity index (χ1v) is 8.66. The Morgan fingerprint density at radius 1 is 1.27 bits per heavy atom. The van der Waals surface area contributed by atoms with Crippen molar-refractivity contribution in [2.45, 2.75) is 44.6 Å². The van der Waals surface area contributed by atoms with E-state index in [1.54, 1.807) is 18.2 Å². The topological polar surface area (TPSA) is 40.5 Å². The number of carbonyl (C=O) groups excluding carboxylic acids is 1. The average Bonchev–Trinajstić information content (AvgIpc) is 2.83. The van der Waals surface area contributed by atoms with Crippen LogP contribution in [-0.2, 0) is 11.2 Å². The van der Waals surface area contributed by atoms with E-state index in [0.29, 0.717) is 22.2 Å². The Morgan fingerprint density at radius 2 is 1.95 bits per heavy atom. The number of likely N-dealkylation sites (tertiary alicyclic amines) is 1. The molecule has 1 heterocycles. The molecule has 120 valence electrons. The molecule has 1 spiro atoms. The Bertz CT molecular complexity index is 558. The van der Waals surface area contributed by atoms with Gasteiger partial charge in [0.1, 0.15) is 0 Å². The predicted octanol–water partition coefficient (Wildman–Crippen LogP) is 3.69. The number of halogens is 2. The van der Waals surface area contributed by atoms with Gasteiger partial charge in [-0.3, -0.25) is 4.79 Å². The number of hydrogen-bond acceptors (Lipinski definition) is 2. The average molecular weight is 342 g/mol. The van der Waals surface area contributed by atoms with Crippen molar-refractivity contribution in [2.24, 2.45) is 5.41 Å². The number of nitrogens with zero attached hydrogens (tertiary/aromatic N) is 1. The van der Waals surface area contributed by atoms with Crippen molar-refractivity contribution < 1.29 is 9.90 Å². The fourth-order valence-corrected chi connectivity index (χ4v) is 4.46. The standard InChI is InChI=1S/C17H21Cl2NO2/c18-13-4-1-5-14(19)12(13)10-16(22)20-9-3-8-17(11-20)7-2-6-15(17)21/h1,4-5,15,21H,2-3,6-11H2/t15-,17-/m1/s1. The van der Waals surface area contributed by atoms with Crippen LogP contribution < -0.4 is 0 Å². The molecule has 3 rings (SSSR count). The first-order chi connectivity index (χ1) is 10.5. The Balaban J connectivity index is 1.72. The quantitative estimate of drug-likeness (QED) is 0.891. The van der Waals surface area contributed by atoms with Crippen LogP contribution in [0.5, 0.6) is 0 Å². The number of aliphatic hydroxyl groups is 1. The molecule has 2 aliphatic rings. The second kappa shape index (κ2) is 6.38. The van der Waals surface area contributed by atoms with Crippen LogP contribution in [0.25, 0.3) is 0 Å². The molecule has 3 nitrogen and oxygen atoms in total. The number of carbonyl (C=O) groups is 1. The monoisotopic (exact) mass is 341 g/mol. The number of amides is 1. The van der Waals surface area contributed by atoms with Gasteiger partial charge in [-0.2, -0.15) is 0 Å². The van der Waals surface area contributed by atoms with Crippen molar-refractivity contribution in [1.29, 1.82) is 0 Å². The van der Waals surface area contributed by atoms with E-state index in [4.69, 9.17) is 23.2 Å². The molecule has 1 saturated heterocycles. The summed E-state index contributed by atoms with van der Waals surface area (Å²) in [4.78, 5) is 14.5. The van der Waals surface area contributed by atoms with Crippen molar-refractivity contribution in [3.8, 4) is 0 Å². The normalized spacial score (nSPS) is 28.3. The van der Waals surface area contributed by atoms with Crippen LogP contribution in [0.1, 0.15) is 37.7 Å². The highest BCUT2D eigenvalue weighted by Gasteiger charge is 2.45. The minimum absolute atomic E-state index is 0.0492. The molecule has 1 aliphatic heterocycles. The van der Waals surface area contributed by atoms with Crippen molar-refractivity contribution in [3.05, 3.63) is 33.8 Å². The molecule has 2 fully saturated rings. The lowest BCUT2D eigenvalue weighted by Crippen LogP contribution is -2.49. The third-order valence-corrected chi connectivity index (χ3v) is 5.92. The molecule has 22 heavy (non-hydrogen) atoms. The maximum absolute atomic E-state index is 12.6. The summed E-state index contributed by atoms with van der Waals surface area (Å²) in [5.41, 5.74) is 0.612. The summed E-state index contributed by atoms with van der Waals surface area (Å²) in [5.74, 6) is 0.0492. The largest absolute Gasteiger partial charge is 0.392 e. The molecule has 1 aliphatic carbocycles. The van der Waals surface area contributed by atoms with Gasteiger partial charge in [0.25, 0.3) is 0 Å². The zero-order chi connectivity index (χ0) is 15.7. The summed E-state index contributed by atoms with van der Waals surface area (Å²) in [6.45, 7) is 1.42. The minimum atomic E-state index is -0.271. The van der Waals surface area contributed by atoms with E-state index in [9.17, 15) is 9.90 Å². The number of benzene rings is 1. The van der Waals surface area contributed by atoms with Gasteiger partial charge in [-0.25, -0.2) is 0 Å². The Hall–Kier alpha value is -0.770. The summed E-state index contributed by atoms with van der Waals surface area (Å²) < 4.78 is 0. The van der Waals surface area contributed by atoms with Crippen LogP contribution in [0.15, 0.2) is 18.2 Å². The zero-order valence-corrected chi connectivity index (χ0v) is 14.0. The molecule has 1 aromatic rings. The van der Waals surface area contributed by atoms with Gasteiger partial charge in [0, 0.05) is 28.5 Å². The predicted molar refractivity (Wildman–Crippen MR) is 88.3 cm³/mol. The van der Waals surface area contributed by atoms with Crippen LogP contribution in [-0.4, -0.2) is 35.1 Å². The fourth-order valence-electron chi connectivity index (χ4n) is 3.93. The van der Waals surface area contributed by atoms with Gasteiger partial charge in [-0.05, 0) is 43.4 Å². The van der Waals surface area contributed by atoms with Gasteiger partial charge < -0.3 is 10.0 Å². The third-order valence-electron chi connectivity index (χ3n) is 5.21. The van der Waals surface area contributed by atoms with Gasteiger partial charge in [-0.1, -0.05) is 35.7 Å². The summed E-state index contributed by atoms with van der Waals surface area (Å²) >= 11 is 12.3. The first kappa shape index (κ1) is 16.1. The number of aliphatic hydroxyl groups excluding tert-OH is 1. The highest BCUT2D eigenvalue weighted by molar-refractivity contribution is 6.36. The lowest BCUT2D eigenvalue weighted by Gasteiger charge is -2.42. The number of rotatable bonds is 2. The van der Waals surface area contributed by atoms with Crippen molar-refractivity contribution in [3.63, 3.8) is 0 Å². The number of hydrogen-bond donors (Lipinski definition) is 1. The van der Waals surface area contributed by atoms with Crippen LogP contribution >= 0.6 is 23.2 Å². The smallest absolute Gasteiger partial charge is 0.227 e. The van der Waals surface area contributed by atoms with Crippen LogP contribution in [0.2, 0.25) is 10.0 Å². The summed E-state index contributed by atoms with van der Waals surface area (Å²) in [6, 6.07) is 5.30. The van der Waals surface area contributed by atoms with E-state index in [1.165, 1.54) is 0 Å². The highest BCUT2D eigenvalue weighted by atomic mass is 35.5. The molecule has 1 N–H and O–H groups in total. The van der Waals surface area contributed by atoms with Crippen molar-refractivity contribution >= 4 is 29.1 Å². The van der Waals surface area contributed by atoms with Crippen LogP contribution in [0.4, 0.5) is 0 Å². The third kappa shape index (κ3) is 2.99. The molecule has 5 heteroatoms. The molecule has 0 radical (unpaired) electrons. The molecule has 0 aromatic heterocycles. The molecular formula is C17H21Cl2NO2. The summed E-state index contributed by atoms with van der Waals surface area (Å²) in [5, 5.41) is 11.4. The van der Waals surface area contributed by atoms with E-state index < -0.39 is 0 Å². The van der Waals surface area contributed by atoms with Crippen LogP contribution in [0.3, 0.4) is 0 Å². The minimum Gasteiger partial charge on any atom is -0.392 e. The molecule has 0 unspecified atom stereocenters. The van der Waals surface area contributed by atoms with Gasteiger partial charge in [0.15, 0.2) is 0 Å². The Morgan fingerprint density at radius 3 is 2.59 bits per heavy atom. The Kier molecular flexibility index (Phi) is 4.67.